The predicted molar refractivity (Wildman–Crippen MR) is 67.8 cm³/mol. The van der Waals surface area contributed by atoms with E-state index in [2.05, 4.69) is 39.9 Å². The Labute approximate surface area is 99.6 Å². The maximum atomic E-state index is 6.08. The molecular formula is C12H17BrN2. The van der Waals surface area contributed by atoms with Crippen LogP contribution >= 0.6 is 15.9 Å². The monoisotopic (exact) mass is 268 g/mol. The Morgan fingerprint density at radius 3 is 2.67 bits per heavy atom. The first-order valence-electron chi connectivity index (χ1n) is 5.43. The number of rotatable bonds is 2. The SMILES string of the molecule is Cc1cc(Br)cc(CN2CCCC2)c1N. The Morgan fingerprint density at radius 1 is 1.33 bits per heavy atom. The van der Waals surface area contributed by atoms with Crippen LogP contribution in [0.4, 0.5) is 5.69 Å². The zero-order valence-corrected chi connectivity index (χ0v) is 10.7. The van der Waals surface area contributed by atoms with Gasteiger partial charge in [0.25, 0.3) is 0 Å². The highest BCUT2D eigenvalue weighted by atomic mass is 79.9. The van der Waals surface area contributed by atoms with Gasteiger partial charge in [-0.25, -0.2) is 0 Å². The van der Waals surface area contributed by atoms with E-state index in [-0.39, 0.29) is 0 Å². The average Bonchev–Trinajstić information content (AvgIpc) is 2.66. The van der Waals surface area contributed by atoms with Crippen molar-refractivity contribution >= 4 is 21.6 Å². The van der Waals surface area contributed by atoms with Gasteiger partial charge in [0.05, 0.1) is 0 Å². The van der Waals surface area contributed by atoms with Crippen LogP contribution in [-0.2, 0) is 6.54 Å². The number of hydrogen-bond acceptors (Lipinski definition) is 2. The van der Waals surface area contributed by atoms with Crippen LogP contribution in [0, 0.1) is 6.92 Å². The molecule has 3 heteroatoms. The van der Waals surface area contributed by atoms with Gasteiger partial charge in [0.2, 0.25) is 0 Å². The number of aryl methyl sites for hydroxylation is 1. The summed E-state index contributed by atoms with van der Waals surface area (Å²) in [6.45, 7) is 5.48. The largest absolute Gasteiger partial charge is 0.398 e. The molecule has 0 aromatic heterocycles. The van der Waals surface area contributed by atoms with Crippen molar-refractivity contribution in [2.45, 2.75) is 26.3 Å². The van der Waals surface area contributed by atoms with Gasteiger partial charge in [-0.3, -0.25) is 4.90 Å². The van der Waals surface area contributed by atoms with Crippen LogP contribution in [0.3, 0.4) is 0 Å². The van der Waals surface area contributed by atoms with Gasteiger partial charge in [0.15, 0.2) is 0 Å². The van der Waals surface area contributed by atoms with Crippen molar-refractivity contribution in [3.8, 4) is 0 Å². The van der Waals surface area contributed by atoms with Crippen LogP contribution in [-0.4, -0.2) is 18.0 Å². The minimum atomic E-state index is 0.949. The third kappa shape index (κ3) is 2.52. The highest BCUT2D eigenvalue weighted by Gasteiger charge is 2.14. The van der Waals surface area contributed by atoms with Crippen molar-refractivity contribution in [3.63, 3.8) is 0 Å². The molecule has 0 radical (unpaired) electrons. The highest BCUT2D eigenvalue weighted by Crippen LogP contribution is 2.25. The van der Waals surface area contributed by atoms with Crippen LogP contribution in [0.25, 0.3) is 0 Å². The van der Waals surface area contributed by atoms with Crippen LogP contribution in [0.5, 0.6) is 0 Å². The summed E-state index contributed by atoms with van der Waals surface area (Å²) in [5.41, 5.74) is 9.45. The molecule has 82 valence electrons. The molecule has 0 saturated carbocycles. The van der Waals surface area contributed by atoms with E-state index in [0.717, 1.165) is 16.7 Å². The normalized spacial score (nSPS) is 17.2. The number of likely N-dealkylation sites (tertiary alicyclic amines) is 1. The molecule has 0 atom stereocenters. The molecule has 0 unspecified atom stereocenters. The summed E-state index contributed by atoms with van der Waals surface area (Å²) in [4.78, 5) is 2.47. The second kappa shape index (κ2) is 4.54. The van der Waals surface area contributed by atoms with Gasteiger partial charge in [-0.1, -0.05) is 15.9 Å². The molecule has 2 rings (SSSR count). The highest BCUT2D eigenvalue weighted by molar-refractivity contribution is 9.10. The third-order valence-electron chi connectivity index (χ3n) is 3.03. The molecule has 2 N–H and O–H groups in total. The zero-order valence-electron chi connectivity index (χ0n) is 9.09. The van der Waals surface area contributed by atoms with Crippen molar-refractivity contribution in [2.75, 3.05) is 18.8 Å². The molecule has 15 heavy (non-hydrogen) atoms. The number of halogens is 1. The Kier molecular flexibility index (Phi) is 3.32. The summed E-state index contributed by atoms with van der Waals surface area (Å²) in [6.07, 6.45) is 2.65. The smallest absolute Gasteiger partial charge is 0.0390 e. The van der Waals surface area contributed by atoms with Gasteiger partial charge in [0.1, 0.15) is 0 Å². The molecular weight excluding hydrogens is 252 g/mol. The fourth-order valence-corrected chi connectivity index (χ4v) is 2.76. The summed E-state index contributed by atoms with van der Waals surface area (Å²) >= 11 is 3.52. The van der Waals surface area contributed by atoms with Gasteiger partial charge in [-0.05, 0) is 56.1 Å². The van der Waals surface area contributed by atoms with Gasteiger partial charge in [-0.15, -0.1) is 0 Å². The fraction of sp³-hybridized carbons (Fsp3) is 0.500. The lowest BCUT2D eigenvalue weighted by Crippen LogP contribution is -2.19. The van der Waals surface area contributed by atoms with Crippen LogP contribution in [0.2, 0.25) is 0 Å². The fourth-order valence-electron chi connectivity index (χ4n) is 2.14. The molecule has 1 aliphatic heterocycles. The number of hydrogen-bond donors (Lipinski definition) is 1. The summed E-state index contributed by atoms with van der Waals surface area (Å²) in [5.74, 6) is 0. The Hall–Kier alpha value is -0.540. The standard InChI is InChI=1S/C12H17BrN2/c1-9-6-11(13)7-10(12(9)14)8-15-4-2-3-5-15/h6-7H,2-5,8,14H2,1H3. The van der Waals surface area contributed by atoms with Crippen LogP contribution < -0.4 is 5.73 Å². The van der Waals surface area contributed by atoms with E-state index in [1.807, 2.05) is 0 Å². The van der Waals surface area contributed by atoms with Crippen LogP contribution in [0.15, 0.2) is 16.6 Å². The van der Waals surface area contributed by atoms with E-state index in [0.29, 0.717) is 0 Å². The van der Waals surface area contributed by atoms with Crippen molar-refractivity contribution in [3.05, 3.63) is 27.7 Å². The lowest BCUT2D eigenvalue weighted by Gasteiger charge is -2.17. The van der Waals surface area contributed by atoms with Gasteiger partial charge < -0.3 is 5.73 Å². The topological polar surface area (TPSA) is 29.3 Å². The molecule has 1 aromatic rings. The molecule has 1 aliphatic rings. The van der Waals surface area contributed by atoms with E-state index in [1.54, 1.807) is 0 Å². The third-order valence-corrected chi connectivity index (χ3v) is 3.49. The summed E-state index contributed by atoms with van der Waals surface area (Å²) in [5, 5.41) is 0. The minimum absolute atomic E-state index is 0.949. The molecule has 0 spiro atoms. The molecule has 1 saturated heterocycles. The van der Waals surface area contributed by atoms with E-state index in [1.165, 1.54) is 37.1 Å². The first kappa shape index (κ1) is 11.0. The number of nitrogens with two attached hydrogens (primary N) is 1. The Balaban J connectivity index is 2.19. The van der Waals surface area contributed by atoms with Crippen LogP contribution in [0.1, 0.15) is 24.0 Å². The maximum Gasteiger partial charge on any atom is 0.0390 e. The lowest BCUT2D eigenvalue weighted by molar-refractivity contribution is 0.332. The molecule has 0 aliphatic carbocycles. The van der Waals surface area contributed by atoms with Crippen molar-refractivity contribution < 1.29 is 0 Å². The van der Waals surface area contributed by atoms with E-state index in [9.17, 15) is 0 Å². The Bertz CT molecular complexity index is 357. The lowest BCUT2D eigenvalue weighted by atomic mass is 10.1. The molecule has 0 bridgehead atoms. The van der Waals surface area contributed by atoms with Gasteiger partial charge >= 0.3 is 0 Å². The summed E-state index contributed by atoms with van der Waals surface area (Å²) in [6, 6.07) is 4.21. The molecule has 1 heterocycles. The average molecular weight is 269 g/mol. The summed E-state index contributed by atoms with van der Waals surface area (Å²) < 4.78 is 1.13. The van der Waals surface area contributed by atoms with Crippen molar-refractivity contribution in [2.24, 2.45) is 0 Å². The van der Waals surface area contributed by atoms with E-state index >= 15 is 0 Å². The minimum Gasteiger partial charge on any atom is -0.398 e. The maximum absolute atomic E-state index is 6.08. The van der Waals surface area contributed by atoms with E-state index in [4.69, 9.17) is 5.73 Å². The molecule has 0 amide bonds. The predicted octanol–water partition coefficient (Wildman–Crippen LogP) is 2.94. The van der Waals surface area contributed by atoms with Crippen molar-refractivity contribution in [1.82, 2.24) is 4.90 Å². The van der Waals surface area contributed by atoms with Gasteiger partial charge in [-0.2, -0.15) is 0 Å². The van der Waals surface area contributed by atoms with E-state index < -0.39 is 0 Å². The number of nitrogens with zero attached hydrogens (tertiary/aromatic N) is 1. The van der Waals surface area contributed by atoms with Gasteiger partial charge in [0, 0.05) is 16.7 Å². The quantitative estimate of drug-likeness (QED) is 0.836. The first-order chi connectivity index (χ1) is 7.16. The first-order valence-corrected chi connectivity index (χ1v) is 6.23. The summed E-state index contributed by atoms with van der Waals surface area (Å²) in [7, 11) is 0. The van der Waals surface area contributed by atoms with Crippen molar-refractivity contribution in [1.29, 1.82) is 0 Å². The Morgan fingerprint density at radius 2 is 2.00 bits per heavy atom. The molecule has 2 nitrogen and oxygen atoms in total. The second-order valence-electron chi connectivity index (χ2n) is 4.28. The number of nitrogen functional groups attached to an aromatic ring is 1. The second-order valence-corrected chi connectivity index (χ2v) is 5.19. The molecule has 1 aromatic carbocycles. The number of benzene rings is 1. The number of anilines is 1. The molecule has 1 fully saturated rings. The zero-order chi connectivity index (χ0) is 10.8.